The number of nitrogens with one attached hydrogen (secondary N) is 1. The van der Waals surface area contributed by atoms with Crippen LogP contribution in [0.3, 0.4) is 0 Å². The van der Waals surface area contributed by atoms with Crippen molar-refractivity contribution in [2.75, 3.05) is 7.11 Å². The zero-order valence-corrected chi connectivity index (χ0v) is 14.9. The highest BCUT2D eigenvalue weighted by Gasteiger charge is 2.21. The van der Waals surface area contributed by atoms with Crippen molar-refractivity contribution < 1.29 is 14.1 Å². The van der Waals surface area contributed by atoms with Gasteiger partial charge in [0, 0.05) is 22.5 Å². The van der Waals surface area contributed by atoms with Crippen molar-refractivity contribution in [3.8, 4) is 5.75 Å². The molecular formula is C18H22N4O3. The van der Waals surface area contributed by atoms with Gasteiger partial charge < -0.3 is 19.1 Å². The molecule has 0 radical (unpaired) electrons. The van der Waals surface area contributed by atoms with E-state index in [-0.39, 0.29) is 24.4 Å². The molecule has 0 aliphatic carbocycles. The van der Waals surface area contributed by atoms with Crippen molar-refractivity contribution in [1.82, 2.24) is 20.0 Å². The zero-order chi connectivity index (χ0) is 18.0. The van der Waals surface area contributed by atoms with Gasteiger partial charge in [0.15, 0.2) is 5.82 Å². The number of amides is 1. The third kappa shape index (κ3) is 3.81. The van der Waals surface area contributed by atoms with E-state index in [0.29, 0.717) is 11.7 Å². The molecule has 0 fully saturated rings. The molecule has 1 aromatic carbocycles. The Morgan fingerprint density at radius 1 is 1.32 bits per heavy atom. The molecule has 2 heterocycles. The molecule has 25 heavy (non-hydrogen) atoms. The molecule has 0 unspecified atom stereocenters. The summed E-state index contributed by atoms with van der Waals surface area (Å²) >= 11 is 0. The van der Waals surface area contributed by atoms with Gasteiger partial charge in [-0.05, 0) is 24.3 Å². The number of carbonyl (C=O) groups is 1. The first-order chi connectivity index (χ1) is 11.9. The SMILES string of the molecule is COc1ccc2c(ccn2CC(=O)NCc2noc(C(C)(C)C)n2)c1. The Balaban J connectivity index is 1.62. The Kier molecular flexibility index (Phi) is 4.48. The number of ether oxygens (including phenoxy) is 1. The maximum Gasteiger partial charge on any atom is 0.240 e. The van der Waals surface area contributed by atoms with Crippen LogP contribution in [0.25, 0.3) is 10.9 Å². The maximum atomic E-state index is 12.2. The molecule has 1 N–H and O–H groups in total. The molecule has 7 nitrogen and oxygen atoms in total. The van der Waals surface area contributed by atoms with Gasteiger partial charge in [0.05, 0.1) is 13.7 Å². The summed E-state index contributed by atoms with van der Waals surface area (Å²) in [5.41, 5.74) is 0.769. The molecule has 3 aromatic rings. The van der Waals surface area contributed by atoms with E-state index in [2.05, 4.69) is 15.5 Å². The molecule has 0 aliphatic heterocycles. The van der Waals surface area contributed by atoms with Gasteiger partial charge in [-0.2, -0.15) is 4.98 Å². The number of nitrogens with zero attached hydrogens (tertiary/aromatic N) is 3. The Hall–Kier alpha value is -2.83. The summed E-state index contributed by atoms with van der Waals surface area (Å²) in [5, 5.41) is 7.75. The van der Waals surface area contributed by atoms with Crippen LogP contribution in [0.5, 0.6) is 5.75 Å². The third-order valence-electron chi connectivity index (χ3n) is 3.85. The first-order valence-corrected chi connectivity index (χ1v) is 8.09. The molecule has 0 atom stereocenters. The van der Waals surface area contributed by atoms with Crippen molar-refractivity contribution in [3.05, 3.63) is 42.2 Å². The number of rotatable bonds is 5. The van der Waals surface area contributed by atoms with Crippen LogP contribution in [-0.2, 0) is 23.3 Å². The lowest BCUT2D eigenvalue weighted by atomic mass is 9.97. The second-order valence-corrected chi connectivity index (χ2v) is 6.91. The Labute approximate surface area is 146 Å². The first kappa shape index (κ1) is 17.0. The summed E-state index contributed by atoms with van der Waals surface area (Å²) in [6.45, 7) is 6.45. The van der Waals surface area contributed by atoms with Gasteiger partial charge in [-0.3, -0.25) is 4.79 Å². The van der Waals surface area contributed by atoms with Gasteiger partial charge >= 0.3 is 0 Å². The molecule has 0 aliphatic rings. The van der Waals surface area contributed by atoms with Gasteiger partial charge in [-0.1, -0.05) is 25.9 Å². The van der Waals surface area contributed by atoms with Crippen LogP contribution in [0.1, 0.15) is 32.5 Å². The summed E-state index contributed by atoms with van der Waals surface area (Å²) in [6, 6.07) is 7.72. The maximum absolute atomic E-state index is 12.2. The normalized spacial score (nSPS) is 11.7. The average Bonchev–Trinajstić information content (AvgIpc) is 3.19. The highest BCUT2D eigenvalue weighted by Crippen LogP contribution is 2.22. The molecular weight excluding hydrogens is 320 g/mol. The van der Waals surface area contributed by atoms with Crippen LogP contribution in [0, 0.1) is 0 Å². The van der Waals surface area contributed by atoms with Gasteiger partial charge in [-0.15, -0.1) is 0 Å². The molecule has 0 bridgehead atoms. The van der Waals surface area contributed by atoms with E-state index in [0.717, 1.165) is 16.7 Å². The van der Waals surface area contributed by atoms with Crippen LogP contribution in [-0.4, -0.2) is 27.7 Å². The summed E-state index contributed by atoms with van der Waals surface area (Å²) in [5.74, 6) is 1.71. The molecule has 3 rings (SSSR count). The van der Waals surface area contributed by atoms with Crippen LogP contribution < -0.4 is 10.1 Å². The second kappa shape index (κ2) is 6.58. The number of carbonyl (C=O) groups excluding carboxylic acids is 1. The fourth-order valence-corrected chi connectivity index (χ4v) is 2.46. The number of benzene rings is 1. The number of hydrogen-bond donors (Lipinski definition) is 1. The number of hydrogen-bond acceptors (Lipinski definition) is 5. The predicted octanol–water partition coefficient (Wildman–Crippen LogP) is 2.65. The smallest absolute Gasteiger partial charge is 0.240 e. The van der Waals surface area contributed by atoms with Crippen molar-refractivity contribution in [2.24, 2.45) is 0 Å². The second-order valence-electron chi connectivity index (χ2n) is 6.91. The lowest BCUT2D eigenvalue weighted by molar-refractivity contribution is -0.121. The van der Waals surface area contributed by atoms with E-state index in [1.807, 2.05) is 55.8 Å². The minimum absolute atomic E-state index is 0.115. The minimum atomic E-state index is -0.208. The number of aromatic nitrogens is 3. The van der Waals surface area contributed by atoms with E-state index >= 15 is 0 Å². The zero-order valence-electron chi connectivity index (χ0n) is 14.9. The Morgan fingerprint density at radius 2 is 2.12 bits per heavy atom. The molecule has 2 aromatic heterocycles. The van der Waals surface area contributed by atoms with E-state index in [1.165, 1.54) is 0 Å². The molecule has 0 saturated carbocycles. The number of fused-ring (bicyclic) bond motifs is 1. The Bertz CT molecular complexity index is 889. The number of methoxy groups -OCH3 is 1. The van der Waals surface area contributed by atoms with Crippen LogP contribution in [0.2, 0.25) is 0 Å². The largest absolute Gasteiger partial charge is 0.497 e. The minimum Gasteiger partial charge on any atom is -0.497 e. The van der Waals surface area contributed by atoms with Crippen LogP contribution >= 0.6 is 0 Å². The van der Waals surface area contributed by atoms with E-state index in [1.54, 1.807) is 7.11 Å². The fraction of sp³-hybridized carbons (Fsp3) is 0.389. The molecule has 132 valence electrons. The molecule has 1 amide bonds. The fourth-order valence-electron chi connectivity index (χ4n) is 2.46. The summed E-state index contributed by atoms with van der Waals surface area (Å²) < 4.78 is 12.3. The first-order valence-electron chi connectivity index (χ1n) is 8.09. The highest BCUT2D eigenvalue weighted by molar-refractivity contribution is 5.84. The van der Waals surface area contributed by atoms with E-state index < -0.39 is 0 Å². The lowest BCUT2D eigenvalue weighted by Crippen LogP contribution is -2.27. The standard InChI is InChI=1S/C18H22N4O3/c1-18(2,3)17-20-15(21-25-17)10-19-16(23)11-22-8-7-12-9-13(24-4)5-6-14(12)22/h5-9H,10-11H2,1-4H3,(H,19,23). The van der Waals surface area contributed by atoms with Crippen LogP contribution in [0.15, 0.2) is 35.0 Å². The summed E-state index contributed by atoms with van der Waals surface area (Å²) in [7, 11) is 1.63. The van der Waals surface area contributed by atoms with Gasteiger partial charge in [0.1, 0.15) is 12.3 Å². The molecule has 0 saturated heterocycles. The Morgan fingerprint density at radius 3 is 2.80 bits per heavy atom. The predicted molar refractivity (Wildman–Crippen MR) is 93.3 cm³/mol. The van der Waals surface area contributed by atoms with Crippen molar-refractivity contribution in [3.63, 3.8) is 0 Å². The van der Waals surface area contributed by atoms with Gasteiger partial charge in [-0.25, -0.2) is 0 Å². The van der Waals surface area contributed by atoms with Gasteiger partial charge in [0.2, 0.25) is 11.8 Å². The van der Waals surface area contributed by atoms with Gasteiger partial charge in [0.25, 0.3) is 0 Å². The lowest BCUT2D eigenvalue weighted by Gasteiger charge is -2.10. The summed E-state index contributed by atoms with van der Waals surface area (Å²) in [6.07, 6.45) is 1.88. The van der Waals surface area contributed by atoms with Crippen LogP contribution in [0.4, 0.5) is 0 Å². The molecule has 7 heteroatoms. The van der Waals surface area contributed by atoms with Crippen molar-refractivity contribution in [2.45, 2.75) is 39.3 Å². The average molecular weight is 342 g/mol. The van der Waals surface area contributed by atoms with Crippen molar-refractivity contribution in [1.29, 1.82) is 0 Å². The van der Waals surface area contributed by atoms with Crippen molar-refractivity contribution >= 4 is 16.8 Å². The molecule has 0 spiro atoms. The topological polar surface area (TPSA) is 82.2 Å². The quantitative estimate of drug-likeness (QED) is 0.771. The van der Waals surface area contributed by atoms with E-state index in [4.69, 9.17) is 9.26 Å². The summed E-state index contributed by atoms with van der Waals surface area (Å²) in [4.78, 5) is 16.5. The third-order valence-corrected chi connectivity index (χ3v) is 3.85. The van der Waals surface area contributed by atoms with E-state index in [9.17, 15) is 4.79 Å². The monoisotopic (exact) mass is 342 g/mol. The highest BCUT2D eigenvalue weighted by atomic mass is 16.5.